The summed E-state index contributed by atoms with van der Waals surface area (Å²) in [4.78, 5) is 35.6. The third kappa shape index (κ3) is 4.54. The minimum Gasteiger partial charge on any atom is -0.496 e. The number of anilines is 1. The number of ether oxygens (including phenoxy) is 2. The summed E-state index contributed by atoms with van der Waals surface area (Å²) < 4.78 is 22.7. The molecule has 0 bridgehead atoms. The Balaban J connectivity index is 1.94. The third-order valence-electron chi connectivity index (χ3n) is 3.17. The first-order valence-corrected chi connectivity index (χ1v) is 7.11. The van der Waals surface area contributed by atoms with Crippen LogP contribution in [0.25, 0.3) is 0 Å². The Bertz CT molecular complexity index is 822. The van der Waals surface area contributed by atoms with Crippen LogP contribution in [0.5, 0.6) is 5.75 Å². The third-order valence-corrected chi connectivity index (χ3v) is 3.17. The molecule has 0 unspecified atom stereocenters. The normalized spacial score (nSPS) is 10.0. The Morgan fingerprint density at radius 2 is 1.84 bits per heavy atom. The lowest BCUT2D eigenvalue weighted by molar-refractivity contribution is -0.123. The van der Waals surface area contributed by atoms with E-state index in [4.69, 9.17) is 15.2 Å². The molecule has 0 aliphatic heterocycles. The molecule has 3 N–H and O–H groups in total. The van der Waals surface area contributed by atoms with Crippen molar-refractivity contribution in [2.75, 3.05) is 19.5 Å². The number of hydrogen-bond acceptors (Lipinski definition) is 6. The van der Waals surface area contributed by atoms with Gasteiger partial charge in [-0.25, -0.2) is 9.18 Å². The van der Waals surface area contributed by atoms with E-state index in [-0.39, 0.29) is 16.8 Å². The first kappa shape index (κ1) is 17.9. The molecule has 2 aromatic rings. The molecule has 0 atom stereocenters. The second kappa shape index (κ2) is 7.91. The van der Waals surface area contributed by atoms with Crippen molar-refractivity contribution in [2.24, 2.45) is 0 Å². The van der Waals surface area contributed by atoms with Crippen molar-refractivity contribution < 1.29 is 28.2 Å². The maximum absolute atomic E-state index is 12.9. The van der Waals surface area contributed by atoms with Crippen molar-refractivity contribution in [1.82, 2.24) is 5.32 Å². The number of nitrogens with one attached hydrogen (secondary N) is 1. The molecular formula is C17H15FN2O5. The molecule has 25 heavy (non-hydrogen) atoms. The van der Waals surface area contributed by atoms with Crippen molar-refractivity contribution in [3.63, 3.8) is 0 Å². The molecule has 0 aromatic heterocycles. The van der Waals surface area contributed by atoms with Gasteiger partial charge in [0.1, 0.15) is 11.6 Å². The summed E-state index contributed by atoms with van der Waals surface area (Å²) in [5, 5.41) is 2.08. The minimum atomic E-state index is -0.905. The van der Waals surface area contributed by atoms with Gasteiger partial charge in [-0.15, -0.1) is 0 Å². The zero-order valence-electron chi connectivity index (χ0n) is 13.2. The van der Waals surface area contributed by atoms with Crippen LogP contribution in [0, 0.1) is 5.82 Å². The number of benzene rings is 2. The number of nitrogens with two attached hydrogens (primary N) is 1. The standard InChI is InChI=1S/C17H15FN2O5/c1-24-14-5-3-2-4-12(14)16(22)20-15(21)9-25-17(23)11-7-6-10(18)8-13(11)19/h2-8H,9,19H2,1H3,(H,20,21,22). The molecule has 130 valence electrons. The van der Waals surface area contributed by atoms with Gasteiger partial charge >= 0.3 is 5.97 Å². The van der Waals surface area contributed by atoms with E-state index < -0.39 is 30.2 Å². The van der Waals surface area contributed by atoms with Gasteiger partial charge in [0, 0.05) is 5.69 Å². The first-order valence-electron chi connectivity index (χ1n) is 7.11. The highest BCUT2D eigenvalue weighted by Crippen LogP contribution is 2.17. The topological polar surface area (TPSA) is 108 Å². The second-order valence-corrected chi connectivity index (χ2v) is 4.89. The van der Waals surface area contributed by atoms with E-state index in [1.165, 1.54) is 13.2 Å². The van der Waals surface area contributed by atoms with Crippen molar-refractivity contribution in [3.8, 4) is 5.75 Å². The molecule has 0 aliphatic rings. The molecule has 0 spiro atoms. The van der Waals surface area contributed by atoms with E-state index in [1.54, 1.807) is 18.2 Å². The number of rotatable bonds is 5. The Hall–Kier alpha value is -3.42. The van der Waals surface area contributed by atoms with E-state index in [2.05, 4.69) is 5.32 Å². The molecule has 0 radical (unpaired) electrons. The Labute approximate surface area is 142 Å². The quantitative estimate of drug-likeness (QED) is 0.628. The highest BCUT2D eigenvalue weighted by Gasteiger charge is 2.17. The van der Waals surface area contributed by atoms with Crippen LogP contribution >= 0.6 is 0 Å². The monoisotopic (exact) mass is 346 g/mol. The van der Waals surface area contributed by atoms with E-state index in [1.807, 2.05) is 0 Å². The summed E-state index contributed by atoms with van der Waals surface area (Å²) in [6.45, 7) is -0.698. The van der Waals surface area contributed by atoms with Crippen LogP contribution in [0.1, 0.15) is 20.7 Å². The molecule has 0 fully saturated rings. The van der Waals surface area contributed by atoms with Gasteiger partial charge < -0.3 is 15.2 Å². The van der Waals surface area contributed by atoms with Crippen molar-refractivity contribution in [3.05, 3.63) is 59.4 Å². The van der Waals surface area contributed by atoms with Gasteiger partial charge in [-0.1, -0.05) is 12.1 Å². The van der Waals surface area contributed by atoms with E-state index in [9.17, 15) is 18.8 Å². The van der Waals surface area contributed by atoms with Gasteiger partial charge in [0.05, 0.1) is 18.2 Å². The fourth-order valence-electron chi connectivity index (χ4n) is 1.99. The van der Waals surface area contributed by atoms with Gasteiger partial charge in [0.15, 0.2) is 6.61 Å². The Morgan fingerprint density at radius 3 is 2.52 bits per heavy atom. The fraction of sp³-hybridized carbons (Fsp3) is 0.118. The lowest BCUT2D eigenvalue weighted by Gasteiger charge is -2.09. The summed E-state index contributed by atoms with van der Waals surface area (Å²) >= 11 is 0. The van der Waals surface area contributed by atoms with Crippen molar-refractivity contribution >= 4 is 23.5 Å². The van der Waals surface area contributed by atoms with Crippen molar-refractivity contribution in [1.29, 1.82) is 0 Å². The predicted octanol–water partition coefficient (Wildman–Crippen LogP) is 1.53. The molecule has 2 aromatic carbocycles. The number of carbonyl (C=O) groups excluding carboxylic acids is 3. The van der Waals surface area contributed by atoms with Crippen LogP contribution in [0.3, 0.4) is 0 Å². The Morgan fingerprint density at radius 1 is 1.12 bits per heavy atom. The number of methoxy groups -OCH3 is 1. The Kier molecular flexibility index (Phi) is 5.67. The molecular weight excluding hydrogens is 331 g/mol. The minimum absolute atomic E-state index is 0.0785. The summed E-state index contributed by atoms with van der Waals surface area (Å²) in [6, 6.07) is 9.47. The molecule has 2 amide bonds. The van der Waals surface area contributed by atoms with E-state index in [0.717, 1.165) is 18.2 Å². The lowest BCUT2D eigenvalue weighted by Crippen LogP contribution is -2.34. The maximum Gasteiger partial charge on any atom is 0.340 e. The molecule has 8 heteroatoms. The number of amides is 2. The maximum atomic E-state index is 12.9. The van der Waals surface area contributed by atoms with Crippen LogP contribution in [0.15, 0.2) is 42.5 Å². The summed E-state index contributed by atoms with van der Waals surface area (Å²) in [5.74, 6) is -2.74. The molecule has 0 aliphatic carbocycles. The molecule has 0 heterocycles. The number of hydrogen-bond donors (Lipinski definition) is 2. The van der Waals surface area contributed by atoms with E-state index >= 15 is 0 Å². The highest BCUT2D eigenvalue weighted by atomic mass is 19.1. The summed E-state index contributed by atoms with van der Waals surface area (Å²) in [6.07, 6.45) is 0. The number of halogens is 1. The van der Waals surface area contributed by atoms with Crippen LogP contribution in [-0.2, 0) is 9.53 Å². The van der Waals surface area contributed by atoms with Crippen LogP contribution < -0.4 is 15.8 Å². The predicted molar refractivity (Wildman–Crippen MR) is 86.6 cm³/mol. The highest BCUT2D eigenvalue weighted by molar-refractivity contribution is 6.07. The number of carbonyl (C=O) groups is 3. The number of esters is 1. The number of imide groups is 1. The average Bonchev–Trinajstić information content (AvgIpc) is 2.59. The molecule has 0 saturated carbocycles. The zero-order chi connectivity index (χ0) is 18.4. The van der Waals surface area contributed by atoms with Gasteiger partial charge in [-0.3, -0.25) is 14.9 Å². The van der Waals surface area contributed by atoms with Crippen LogP contribution in [0.2, 0.25) is 0 Å². The zero-order valence-corrected chi connectivity index (χ0v) is 13.2. The van der Waals surface area contributed by atoms with Crippen LogP contribution in [0.4, 0.5) is 10.1 Å². The summed E-state index contributed by atoms with van der Waals surface area (Å²) in [5.41, 5.74) is 5.47. The van der Waals surface area contributed by atoms with Gasteiger partial charge in [0.2, 0.25) is 0 Å². The number of para-hydroxylation sites is 1. The van der Waals surface area contributed by atoms with Gasteiger partial charge in [-0.2, -0.15) is 0 Å². The molecule has 7 nitrogen and oxygen atoms in total. The first-order chi connectivity index (χ1) is 11.9. The smallest absolute Gasteiger partial charge is 0.340 e. The van der Waals surface area contributed by atoms with E-state index in [0.29, 0.717) is 5.75 Å². The number of nitrogen functional groups attached to an aromatic ring is 1. The van der Waals surface area contributed by atoms with Crippen LogP contribution in [-0.4, -0.2) is 31.5 Å². The van der Waals surface area contributed by atoms with Gasteiger partial charge in [0.25, 0.3) is 11.8 Å². The summed E-state index contributed by atoms with van der Waals surface area (Å²) in [7, 11) is 1.39. The SMILES string of the molecule is COc1ccccc1C(=O)NC(=O)COC(=O)c1ccc(F)cc1N. The molecule has 0 saturated heterocycles. The fourth-order valence-corrected chi connectivity index (χ4v) is 1.99. The second-order valence-electron chi connectivity index (χ2n) is 4.89. The molecule has 2 rings (SSSR count). The van der Waals surface area contributed by atoms with Crippen molar-refractivity contribution in [2.45, 2.75) is 0 Å². The largest absolute Gasteiger partial charge is 0.496 e. The lowest BCUT2D eigenvalue weighted by atomic mass is 10.2. The average molecular weight is 346 g/mol. The van der Waals surface area contributed by atoms with Gasteiger partial charge in [-0.05, 0) is 30.3 Å².